The van der Waals surface area contributed by atoms with Gasteiger partial charge in [-0.25, -0.2) is 4.98 Å². The molecular formula is C14H11BrN2O. The number of hydrogen-bond acceptors (Lipinski definition) is 2. The van der Waals surface area contributed by atoms with E-state index in [1.807, 2.05) is 42.5 Å². The fourth-order valence-corrected chi connectivity index (χ4v) is 2.44. The number of imidazole rings is 1. The maximum Gasteiger partial charge on any atom is 0.138 e. The summed E-state index contributed by atoms with van der Waals surface area (Å²) in [4.78, 5) is 7.87. The van der Waals surface area contributed by atoms with Crippen molar-refractivity contribution in [2.24, 2.45) is 0 Å². The summed E-state index contributed by atoms with van der Waals surface area (Å²) in [5.41, 5.74) is 3.04. The van der Waals surface area contributed by atoms with E-state index < -0.39 is 0 Å². The molecule has 3 nitrogen and oxygen atoms in total. The molecule has 0 aliphatic carbocycles. The molecule has 4 heteroatoms. The van der Waals surface area contributed by atoms with Crippen molar-refractivity contribution in [1.82, 2.24) is 9.97 Å². The zero-order chi connectivity index (χ0) is 12.5. The Balaban J connectivity index is 2.11. The fourth-order valence-electron chi connectivity index (χ4n) is 1.90. The van der Waals surface area contributed by atoms with E-state index >= 15 is 0 Å². The number of aromatic nitrogens is 2. The lowest BCUT2D eigenvalue weighted by Crippen LogP contribution is -1.86. The van der Waals surface area contributed by atoms with Crippen LogP contribution in [0.15, 0.2) is 46.9 Å². The predicted octanol–water partition coefficient (Wildman–Crippen LogP) is 4.00. The third kappa shape index (κ3) is 1.88. The van der Waals surface area contributed by atoms with Crippen LogP contribution in [0.1, 0.15) is 0 Å². The van der Waals surface area contributed by atoms with Crippen molar-refractivity contribution in [3.8, 4) is 17.1 Å². The summed E-state index contributed by atoms with van der Waals surface area (Å²) in [6.45, 7) is 0. The zero-order valence-corrected chi connectivity index (χ0v) is 11.4. The minimum absolute atomic E-state index is 0.815. The molecule has 0 bridgehead atoms. The molecule has 1 N–H and O–H groups in total. The highest BCUT2D eigenvalue weighted by Gasteiger charge is 2.07. The van der Waals surface area contributed by atoms with Gasteiger partial charge in [-0.05, 0) is 46.3 Å². The molecule has 18 heavy (non-hydrogen) atoms. The fraction of sp³-hybridized carbons (Fsp3) is 0.0714. The topological polar surface area (TPSA) is 37.9 Å². The van der Waals surface area contributed by atoms with Crippen LogP contribution in [0.4, 0.5) is 0 Å². The molecule has 1 aromatic heterocycles. The van der Waals surface area contributed by atoms with Gasteiger partial charge in [0.1, 0.15) is 11.6 Å². The Bertz CT molecular complexity index is 673. The number of rotatable bonds is 2. The van der Waals surface area contributed by atoms with Gasteiger partial charge in [-0.3, -0.25) is 0 Å². The highest BCUT2D eigenvalue weighted by Crippen LogP contribution is 2.30. The first kappa shape index (κ1) is 11.3. The molecule has 0 spiro atoms. The number of H-pyrrole nitrogens is 1. The second-order valence-electron chi connectivity index (χ2n) is 3.95. The maximum atomic E-state index is 5.22. The van der Waals surface area contributed by atoms with Gasteiger partial charge >= 0.3 is 0 Å². The summed E-state index contributed by atoms with van der Waals surface area (Å²) in [7, 11) is 1.65. The number of ether oxygens (including phenoxy) is 1. The summed E-state index contributed by atoms with van der Waals surface area (Å²) < 4.78 is 6.14. The first-order valence-electron chi connectivity index (χ1n) is 5.56. The van der Waals surface area contributed by atoms with Crippen LogP contribution in [-0.4, -0.2) is 17.1 Å². The van der Waals surface area contributed by atoms with Gasteiger partial charge in [0.15, 0.2) is 0 Å². The van der Waals surface area contributed by atoms with Crippen LogP contribution in [0.2, 0.25) is 0 Å². The van der Waals surface area contributed by atoms with E-state index in [1.165, 1.54) is 0 Å². The van der Waals surface area contributed by atoms with E-state index in [9.17, 15) is 0 Å². The molecule has 90 valence electrons. The van der Waals surface area contributed by atoms with Crippen LogP contribution in [-0.2, 0) is 0 Å². The second-order valence-corrected chi connectivity index (χ2v) is 4.81. The Morgan fingerprint density at radius 2 is 2.00 bits per heavy atom. The number of halogens is 1. The molecule has 0 aliphatic rings. The largest absolute Gasteiger partial charge is 0.496 e. The normalized spacial score (nSPS) is 10.8. The van der Waals surface area contributed by atoms with Crippen LogP contribution in [0.5, 0.6) is 5.75 Å². The molecule has 0 unspecified atom stereocenters. The average Bonchev–Trinajstić information content (AvgIpc) is 2.82. The lowest BCUT2D eigenvalue weighted by atomic mass is 10.2. The van der Waals surface area contributed by atoms with Gasteiger partial charge in [0, 0.05) is 5.56 Å². The number of hydrogen-bond donors (Lipinski definition) is 1. The van der Waals surface area contributed by atoms with E-state index in [0.717, 1.165) is 32.6 Å². The Kier molecular flexibility index (Phi) is 2.80. The van der Waals surface area contributed by atoms with Crippen molar-refractivity contribution in [3.05, 3.63) is 46.9 Å². The summed E-state index contributed by atoms with van der Waals surface area (Å²) in [5.74, 6) is 1.68. The van der Waals surface area contributed by atoms with E-state index in [2.05, 4.69) is 25.9 Å². The maximum absolute atomic E-state index is 5.22. The molecule has 3 rings (SSSR count). The van der Waals surface area contributed by atoms with Gasteiger partial charge in [0.2, 0.25) is 0 Å². The van der Waals surface area contributed by atoms with Gasteiger partial charge in [0.25, 0.3) is 0 Å². The quantitative estimate of drug-likeness (QED) is 0.777. The molecule has 1 heterocycles. The van der Waals surface area contributed by atoms with Gasteiger partial charge in [-0.1, -0.05) is 12.1 Å². The minimum atomic E-state index is 0.815. The monoisotopic (exact) mass is 302 g/mol. The highest BCUT2D eigenvalue weighted by molar-refractivity contribution is 9.10. The van der Waals surface area contributed by atoms with Crippen molar-refractivity contribution >= 4 is 27.0 Å². The first-order chi connectivity index (χ1) is 8.78. The molecule has 3 aromatic rings. The molecule has 0 atom stereocenters. The zero-order valence-electron chi connectivity index (χ0n) is 9.77. The van der Waals surface area contributed by atoms with Crippen LogP contribution in [0, 0.1) is 0 Å². The summed E-state index contributed by atoms with van der Waals surface area (Å²) in [6, 6.07) is 13.9. The summed E-state index contributed by atoms with van der Waals surface area (Å²) in [5, 5.41) is 0. The summed E-state index contributed by atoms with van der Waals surface area (Å²) >= 11 is 3.48. The number of methoxy groups -OCH3 is 1. The highest BCUT2D eigenvalue weighted by atomic mass is 79.9. The van der Waals surface area contributed by atoms with Crippen molar-refractivity contribution in [3.63, 3.8) is 0 Å². The number of benzene rings is 2. The van der Waals surface area contributed by atoms with E-state index in [0.29, 0.717) is 0 Å². The molecule has 0 radical (unpaired) electrons. The minimum Gasteiger partial charge on any atom is -0.496 e. The van der Waals surface area contributed by atoms with E-state index in [1.54, 1.807) is 7.11 Å². The van der Waals surface area contributed by atoms with Gasteiger partial charge < -0.3 is 9.72 Å². The van der Waals surface area contributed by atoms with Gasteiger partial charge in [-0.15, -0.1) is 0 Å². The van der Waals surface area contributed by atoms with Crippen LogP contribution >= 0.6 is 15.9 Å². The number of aromatic amines is 1. The van der Waals surface area contributed by atoms with Crippen LogP contribution in [0.25, 0.3) is 22.4 Å². The Morgan fingerprint density at radius 3 is 2.72 bits per heavy atom. The molecule has 0 aliphatic heterocycles. The smallest absolute Gasteiger partial charge is 0.138 e. The van der Waals surface area contributed by atoms with Crippen molar-refractivity contribution in [2.75, 3.05) is 7.11 Å². The van der Waals surface area contributed by atoms with Crippen LogP contribution < -0.4 is 4.74 Å². The Labute approximate surface area is 113 Å². The third-order valence-corrected chi connectivity index (χ3v) is 3.43. The lowest BCUT2D eigenvalue weighted by molar-refractivity contribution is 0.412. The molecule has 0 fully saturated rings. The van der Waals surface area contributed by atoms with Crippen LogP contribution in [0.3, 0.4) is 0 Å². The van der Waals surface area contributed by atoms with Crippen molar-refractivity contribution in [2.45, 2.75) is 0 Å². The van der Waals surface area contributed by atoms with Gasteiger partial charge in [-0.2, -0.15) is 0 Å². The first-order valence-corrected chi connectivity index (χ1v) is 6.36. The Hall–Kier alpha value is -1.81. The molecule has 0 saturated heterocycles. The SMILES string of the molecule is COc1ccc(-c2nc3ccccc3[nH]2)cc1Br. The number of fused-ring (bicyclic) bond motifs is 1. The average molecular weight is 303 g/mol. The van der Waals surface area contributed by atoms with Gasteiger partial charge in [0.05, 0.1) is 22.6 Å². The second kappa shape index (κ2) is 4.46. The summed E-state index contributed by atoms with van der Waals surface area (Å²) in [6.07, 6.45) is 0. The standard InChI is InChI=1S/C14H11BrN2O/c1-18-13-7-6-9(8-10(13)15)14-16-11-4-2-3-5-12(11)17-14/h2-8H,1H3,(H,16,17). The number of para-hydroxylation sites is 2. The Morgan fingerprint density at radius 1 is 1.17 bits per heavy atom. The predicted molar refractivity (Wildman–Crippen MR) is 75.8 cm³/mol. The van der Waals surface area contributed by atoms with E-state index in [4.69, 9.17) is 4.74 Å². The number of nitrogens with zero attached hydrogens (tertiary/aromatic N) is 1. The molecular weight excluding hydrogens is 292 g/mol. The van der Waals surface area contributed by atoms with Crippen molar-refractivity contribution < 1.29 is 4.74 Å². The lowest BCUT2D eigenvalue weighted by Gasteiger charge is -2.04. The number of nitrogens with one attached hydrogen (secondary N) is 1. The van der Waals surface area contributed by atoms with Crippen molar-refractivity contribution in [1.29, 1.82) is 0 Å². The third-order valence-electron chi connectivity index (χ3n) is 2.81. The molecule has 0 saturated carbocycles. The molecule has 2 aromatic carbocycles. The van der Waals surface area contributed by atoms with E-state index in [-0.39, 0.29) is 0 Å². The molecule has 0 amide bonds.